The number of fused-ring (bicyclic) bond motifs is 1. The predicted molar refractivity (Wildman–Crippen MR) is 156 cm³/mol. The van der Waals surface area contributed by atoms with Gasteiger partial charge in [0.15, 0.2) is 22.5 Å². The maximum Gasteiger partial charge on any atom is 0.405 e. The van der Waals surface area contributed by atoms with Crippen molar-refractivity contribution >= 4 is 41.7 Å². The first-order valence-corrected chi connectivity index (χ1v) is 15.5. The molecule has 1 aromatic carbocycles. The van der Waals surface area contributed by atoms with E-state index in [1.165, 1.54) is 0 Å². The normalized spacial score (nSPS) is 23.7. The number of hydrogen-bond donors (Lipinski definition) is 5. The molecule has 43 heavy (non-hydrogen) atoms. The van der Waals surface area contributed by atoms with Crippen molar-refractivity contribution in [1.29, 1.82) is 0 Å². The Morgan fingerprint density at radius 2 is 2.12 bits per heavy atom. The molecule has 1 aliphatic heterocycles. The number of imidazole rings is 1. The summed E-state index contributed by atoms with van der Waals surface area (Å²) < 4.78 is 47.7. The fourth-order valence-electron chi connectivity index (χ4n) is 4.06. The van der Waals surface area contributed by atoms with Crippen molar-refractivity contribution in [2.75, 3.05) is 31.3 Å². The first-order valence-electron chi connectivity index (χ1n) is 13.0. The number of aromatic amines is 1. The van der Waals surface area contributed by atoms with E-state index in [-0.39, 0.29) is 47.7 Å². The van der Waals surface area contributed by atoms with Crippen LogP contribution >= 0.6 is 19.5 Å². The third kappa shape index (κ3) is 7.17. The number of alkyl halides is 1. The number of carbonyl (C=O) groups excluding carboxylic acids is 1. The van der Waals surface area contributed by atoms with Crippen LogP contribution in [-0.2, 0) is 29.7 Å². The van der Waals surface area contributed by atoms with Gasteiger partial charge in [0.1, 0.15) is 12.2 Å². The van der Waals surface area contributed by atoms with Crippen molar-refractivity contribution in [3.05, 3.63) is 52.6 Å². The highest BCUT2D eigenvalue weighted by Crippen LogP contribution is 2.47. The standard InChI is InChI=1S/C26H32FN6O8PS/c1-4-26(27)19(35)17(41-22(26)33-15-29-18-20(33)31-24(28)32-21(18)36)13-40-42(38,30-12-16-8-6-5-7-9-16)39-10-11-43-23(37)25(2,3)14-34/h1,5-9,15,17,19,22,34-35H,10-14H2,2-3H3,(H,30,38)(H3,28,31,32,36)/t17-,19?,22-,26?,42?/m1/s1. The van der Waals surface area contributed by atoms with Gasteiger partial charge in [-0.05, 0) is 19.4 Å². The summed E-state index contributed by atoms with van der Waals surface area (Å²) >= 11 is 0.898. The second-order valence-corrected chi connectivity index (χ2v) is 13.2. The Labute approximate surface area is 250 Å². The van der Waals surface area contributed by atoms with Gasteiger partial charge in [-0.1, -0.05) is 48.0 Å². The van der Waals surface area contributed by atoms with Crippen molar-refractivity contribution in [2.24, 2.45) is 5.41 Å². The Morgan fingerprint density at radius 1 is 1.40 bits per heavy atom. The van der Waals surface area contributed by atoms with Crippen LogP contribution in [0.25, 0.3) is 11.2 Å². The predicted octanol–water partition coefficient (Wildman–Crippen LogP) is 1.51. The minimum atomic E-state index is -4.14. The molecule has 0 spiro atoms. The van der Waals surface area contributed by atoms with Crippen LogP contribution < -0.4 is 16.4 Å². The van der Waals surface area contributed by atoms with E-state index in [2.05, 4.69) is 20.0 Å². The first-order chi connectivity index (χ1) is 20.3. The number of nitrogens with one attached hydrogen (secondary N) is 2. The molecule has 1 fully saturated rings. The van der Waals surface area contributed by atoms with E-state index >= 15 is 4.39 Å². The molecule has 5 atom stereocenters. The van der Waals surface area contributed by atoms with E-state index in [1.54, 1.807) is 38.1 Å². The number of thioether (sulfide) groups is 1. The number of H-pyrrole nitrogens is 1. The SMILES string of the molecule is C#CC1(F)C(O)[C@@H](COP(=O)(NCc2ccccc2)OCCSC(=O)C(C)(C)CO)O[C@H]1n1cnc2c(=O)[nH]c(N)nc21. The summed E-state index contributed by atoms with van der Waals surface area (Å²) in [5.74, 6) is 1.75. The zero-order valence-electron chi connectivity index (χ0n) is 23.3. The number of terminal acetylenes is 1. The highest BCUT2D eigenvalue weighted by atomic mass is 32.2. The highest BCUT2D eigenvalue weighted by molar-refractivity contribution is 8.13. The lowest BCUT2D eigenvalue weighted by Crippen LogP contribution is -2.42. The molecule has 17 heteroatoms. The number of rotatable bonds is 13. The van der Waals surface area contributed by atoms with Gasteiger partial charge in [-0.3, -0.25) is 28.2 Å². The fourth-order valence-corrected chi connectivity index (χ4v) is 6.30. The Hall–Kier alpha value is -3.13. The van der Waals surface area contributed by atoms with Gasteiger partial charge in [-0.15, -0.1) is 6.42 Å². The van der Waals surface area contributed by atoms with Gasteiger partial charge in [0.25, 0.3) is 5.56 Å². The van der Waals surface area contributed by atoms with E-state index in [9.17, 15) is 24.4 Å². The number of nitrogens with two attached hydrogens (primary N) is 1. The minimum absolute atomic E-state index is 0.0680. The second kappa shape index (κ2) is 13.2. The molecule has 1 saturated heterocycles. The second-order valence-electron chi connectivity index (χ2n) is 10.3. The van der Waals surface area contributed by atoms with Crippen molar-refractivity contribution in [2.45, 2.75) is 44.5 Å². The number of aromatic nitrogens is 4. The molecule has 3 heterocycles. The van der Waals surface area contributed by atoms with Crippen molar-refractivity contribution in [1.82, 2.24) is 24.6 Å². The number of aliphatic hydroxyl groups excluding tert-OH is 2. The molecular formula is C26H32FN6O8PS. The number of halogens is 1. The quantitative estimate of drug-likeness (QED) is 0.102. The number of nitrogens with zero attached hydrogens (tertiary/aromatic N) is 3. The van der Waals surface area contributed by atoms with Crippen LogP contribution in [0.2, 0.25) is 0 Å². The highest BCUT2D eigenvalue weighted by Gasteiger charge is 2.58. The molecular weight excluding hydrogens is 606 g/mol. The van der Waals surface area contributed by atoms with Crippen LogP contribution in [0.15, 0.2) is 41.5 Å². The van der Waals surface area contributed by atoms with Gasteiger partial charge in [-0.2, -0.15) is 4.98 Å². The summed E-state index contributed by atoms with van der Waals surface area (Å²) in [5, 5.41) is 22.7. The molecule has 0 aliphatic carbocycles. The molecule has 14 nitrogen and oxygen atoms in total. The number of benzene rings is 1. The van der Waals surface area contributed by atoms with Crippen molar-refractivity contribution in [3.8, 4) is 12.3 Å². The Morgan fingerprint density at radius 3 is 2.79 bits per heavy atom. The largest absolute Gasteiger partial charge is 0.405 e. The molecule has 0 bridgehead atoms. The smallest absolute Gasteiger partial charge is 0.395 e. The van der Waals surface area contributed by atoms with E-state index < -0.39 is 49.4 Å². The van der Waals surface area contributed by atoms with Crippen LogP contribution in [0.3, 0.4) is 0 Å². The van der Waals surface area contributed by atoms with Gasteiger partial charge >= 0.3 is 7.75 Å². The third-order valence-corrected chi connectivity index (χ3v) is 9.37. The van der Waals surface area contributed by atoms with E-state index in [0.29, 0.717) is 0 Å². The molecule has 0 radical (unpaired) electrons. The summed E-state index contributed by atoms with van der Waals surface area (Å²) in [7, 11) is -4.14. The summed E-state index contributed by atoms with van der Waals surface area (Å²) in [6.07, 6.45) is 1.44. The van der Waals surface area contributed by atoms with Crippen LogP contribution in [0.4, 0.5) is 10.3 Å². The average Bonchev–Trinajstić information content (AvgIpc) is 3.52. The fraction of sp³-hybridized carbons (Fsp3) is 0.462. The average molecular weight is 639 g/mol. The van der Waals surface area contributed by atoms with Crippen molar-refractivity contribution in [3.63, 3.8) is 0 Å². The first kappa shape index (κ1) is 32.8. The lowest BCUT2D eigenvalue weighted by atomic mass is 9.97. The van der Waals surface area contributed by atoms with Gasteiger partial charge in [0.05, 0.1) is 31.6 Å². The van der Waals surface area contributed by atoms with Crippen LogP contribution in [-0.4, -0.2) is 78.3 Å². The van der Waals surface area contributed by atoms with Gasteiger partial charge in [0, 0.05) is 12.3 Å². The lowest BCUT2D eigenvalue weighted by Gasteiger charge is -2.24. The monoisotopic (exact) mass is 638 g/mol. The van der Waals surface area contributed by atoms with E-state index in [4.69, 9.17) is 25.9 Å². The van der Waals surface area contributed by atoms with Gasteiger partial charge < -0.3 is 20.7 Å². The van der Waals surface area contributed by atoms with E-state index in [1.807, 2.05) is 12.0 Å². The van der Waals surface area contributed by atoms with Crippen LogP contribution in [0.1, 0.15) is 25.6 Å². The number of anilines is 1. The molecule has 3 aromatic rings. The summed E-state index contributed by atoms with van der Waals surface area (Å²) in [5.41, 5.74) is 1.62. The maximum atomic E-state index is 16.1. The molecule has 0 amide bonds. The zero-order chi connectivity index (χ0) is 31.4. The van der Waals surface area contributed by atoms with Gasteiger partial charge in [0.2, 0.25) is 11.6 Å². The lowest BCUT2D eigenvalue weighted by molar-refractivity contribution is -0.119. The summed E-state index contributed by atoms with van der Waals surface area (Å²) in [6.45, 7) is 2.10. The topological polar surface area (TPSA) is 204 Å². The summed E-state index contributed by atoms with van der Waals surface area (Å²) in [6, 6.07) is 8.94. The number of nitrogen functional groups attached to an aromatic ring is 1. The minimum Gasteiger partial charge on any atom is -0.395 e. The Kier molecular flexibility index (Phi) is 10.1. The number of ether oxygens (including phenoxy) is 1. The Bertz CT molecular complexity index is 1600. The number of aliphatic hydroxyl groups is 2. The molecule has 1 aliphatic rings. The number of hydrogen-bond acceptors (Lipinski definition) is 12. The zero-order valence-corrected chi connectivity index (χ0v) is 25.0. The van der Waals surface area contributed by atoms with Crippen LogP contribution in [0.5, 0.6) is 0 Å². The maximum absolute atomic E-state index is 16.1. The molecule has 4 rings (SSSR count). The summed E-state index contributed by atoms with van der Waals surface area (Å²) in [4.78, 5) is 34.7. The molecule has 2 aromatic heterocycles. The molecule has 6 N–H and O–H groups in total. The third-order valence-electron chi connectivity index (χ3n) is 6.62. The van der Waals surface area contributed by atoms with Crippen molar-refractivity contribution < 1.29 is 37.7 Å². The molecule has 232 valence electrons. The number of carbonyl (C=O) groups is 1. The van der Waals surface area contributed by atoms with Gasteiger partial charge in [-0.25, -0.2) is 19.0 Å². The Balaban J connectivity index is 1.49. The molecule has 0 saturated carbocycles. The van der Waals surface area contributed by atoms with Crippen LogP contribution in [0, 0.1) is 17.8 Å². The molecule has 3 unspecified atom stereocenters. The van der Waals surface area contributed by atoms with E-state index in [0.717, 1.165) is 28.2 Å².